The van der Waals surface area contributed by atoms with Crippen molar-refractivity contribution in [1.29, 1.82) is 0 Å². The highest BCUT2D eigenvalue weighted by Gasteiger charge is 2.14. The van der Waals surface area contributed by atoms with Gasteiger partial charge in [0.1, 0.15) is 28.6 Å². The van der Waals surface area contributed by atoms with Crippen LogP contribution in [0.1, 0.15) is 5.56 Å². The Morgan fingerprint density at radius 2 is 1.73 bits per heavy atom. The van der Waals surface area contributed by atoms with E-state index >= 15 is 0 Å². The van der Waals surface area contributed by atoms with Crippen molar-refractivity contribution in [3.8, 4) is 17.0 Å². The minimum absolute atomic E-state index is 0.0459. The van der Waals surface area contributed by atoms with E-state index in [2.05, 4.69) is 15.2 Å². The van der Waals surface area contributed by atoms with Gasteiger partial charge in [0, 0.05) is 11.8 Å². The summed E-state index contributed by atoms with van der Waals surface area (Å²) in [6.07, 6.45) is 1.91. The van der Waals surface area contributed by atoms with Gasteiger partial charge >= 0.3 is 0 Å². The quantitative estimate of drug-likeness (QED) is 0.493. The van der Waals surface area contributed by atoms with Crippen LogP contribution in [-0.4, -0.2) is 14.5 Å². The first kappa shape index (κ1) is 16.0. The van der Waals surface area contributed by atoms with E-state index in [9.17, 15) is 9.50 Å². The zero-order valence-corrected chi connectivity index (χ0v) is 14.0. The fourth-order valence-corrected chi connectivity index (χ4v) is 2.69. The number of hydrogen-bond acceptors (Lipinski definition) is 4. The van der Waals surface area contributed by atoms with Crippen molar-refractivity contribution < 1.29 is 9.50 Å². The third kappa shape index (κ3) is 2.93. The number of pyridine rings is 1. The lowest BCUT2D eigenvalue weighted by Crippen LogP contribution is -1.85. The maximum atomic E-state index is 13.3. The van der Waals surface area contributed by atoms with Crippen LogP contribution in [0.3, 0.4) is 0 Å². The summed E-state index contributed by atoms with van der Waals surface area (Å²) in [7, 11) is 0. The first-order chi connectivity index (χ1) is 12.6. The Labute approximate surface area is 149 Å². The predicted molar refractivity (Wildman–Crippen MR) is 97.6 cm³/mol. The zero-order chi connectivity index (χ0) is 18.1. The Bertz CT molecular complexity index is 1120. The molecule has 0 amide bonds. The Morgan fingerprint density at radius 3 is 2.50 bits per heavy atom. The van der Waals surface area contributed by atoms with Crippen LogP contribution in [0.4, 0.5) is 15.9 Å². The third-order valence-corrected chi connectivity index (χ3v) is 3.99. The zero-order valence-electron chi connectivity index (χ0n) is 14.0. The molecule has 0 bridgehead atoms. The predicted octanol–water partition coefficient (Wildman–Crippen LogP) is 5.57. The molecule has 26 heavy (non-hydrogen) atoms. The standard InChI is InChI=1S/C20H15FN4O/c1-13-6-11-18-22-19(14-7-9-15(21)10-8-14)20(25(18)12-13)24-23-16-4-2-3-5-17(16)26/h2-12,26H,1H3. The SMILES string of the molecule is Cc1ccc2nc(-c3ccc(F)cc3)c(N=Nc3ccccc3O)n2c1. The molecule has 4 aromatic rings. The van der Waals surface area contributed by atoms with E-state index in [1.807, 2.05) is 29.7 Å². The van der Waals surface area contributed by atoms with E-state index in [0.29, 0.717) is 22.8 Å². The molecule has 4 rings (SSSR count). The van der Waals surface area contributed by atoms with E-state index in [1.165, 1.54) is 12.1 Å². The number of aromatic hydroxyl groups is 1. The first-order valence-electron chi connectivity index (χ1n) is 8.06. The fraction of sp³-hybridized carbons (Fsp3) is 0.0500. The molecule has 0 aliphatic rings. The van der Waals surface area contributed by atoms with Gasteiger partial charge in [0.2, 0.25) is 0 Å². The van der Waals surface area contributed by atoms with Crippen LogP contribution in [0, 0.1) is 12.7 Å². The van der Waals surface area contributed by atoms with Crippen LogP contribution in [-0.2, 0) is 0 Å². The van der Waals surface area contributed by atoms with Crippen LogP contribution >= 0.6 is 0 Å². The number of halogens is 1. The lowest BCUT2D eigenvalue weighted by atomic mass is 10.1. The molecule has 1 N–H and O–H groups in total. The van der Waals surface area contributed by atoms with Gasteiger partial charge in [0.15, 0.2) is 5.82 Å². The molecule has 0 saturated carbocycles. The molecule has 0 aliphatic heterocycles. The molecule has 0 spiro atoms. The van der Waals surface area contributed by atoms with Gasteiger partial charge in [0.05, 0.1) is 0 Å². The second-order valence-electron chi connectivity index (χ2n) is 5.91. The van der Waals surface area contributed by atoms with Crippen molar-refractivity contribution >= 4 is 17.2 Å². The number of para-hydroxylation sites is 1. The van der Waals surface area contributed by atoms with Crippen molar-refractivity contribution in [1.82, 2.24) is 9.38 Å². The number of nitrogens with zero attached hydrogens (tertiary/aromatic N) is 4. The largest absolute Gasteiger partial charge is 0.506 e. The van der Waals surface area contributed by atoms with Gasteiger partial charge in [-0.3, -0.25) is 4.40 Å². The molecule has 2 aromatic carbocycles. The number of azo groups is 1. The average molecular weight is 346 g/mol. The first-order valence-corrected chi connectivity index (χ1v) is 8.06. The minimum atomic E-state index is -0.314. The van der Waals surface area contributed by atoms with Crippen LogP contribution < -0.4 is 0 Å². The van der Waals surface area contributed by atoms with Gasteiger partial charge in [-0.2, -0.15) is 0 Å². The topological polar surface area (TPSA) is 62.2 Å². The highest BCUT2D eigenvalue weighted by atomic mass is 19.1. The number of aryl methyl sites for hydroxylation is 1. The van der Waals surface area contributed by atoms with E-state index < -0.39 is 0 Å². The van der Waals surface area contributed by atoms with E-state index in [1.54, 1.807) is 36.4 Å². The van der Waals surface area contributed by atoms with Crippen LogP contribution in [0.2, 0.25) is 0 Å². The number of phenols is 1. The maximum absolute atomic E-state index is 13.3. The molecule has 0 atom stereocenters. The highest BCUT2D eigenvalue weighted by molar-refractivity contribution is 5.74. The normalized spacial score (nSPS) is 11.5. The van der Waals surface area contributed by atoms with Crippen LogP contribution in [0.15, 0.2) is 77.1 Å². The van der Waals surface area contributed by atoms with Crippen molar-refractivity contribution in [3.05, 3.63) is 78.2 Å². The highest BCUT2D eigenvalue weighted by Crippen LogP contribution is 2.34. The van der Waals surface area contributed by atoms with E-state index in [4.69, 9.17) is 0 Å². The summed E-state index contributed by atoms with van der Waals surface area (Å²) in [4.78, 5) is 4.61. The summed E-state index contributed by atoms with van der Waals surface area (Å²) in [5.41, 5.74) is 3.44. The van der Waals surface area contributed by atoms with Crippen LogP contribution in [0.25, 0.3) is 16.9 Å². The number of imidazole rings is 1. The van der Waals surface area contributed by atoms with Gasteiger partial charge in [-0.25, -0.2) is 9.37 Å². The number of rotatable bonds is 3. The van der Waals surface area contributed by atoms with Gasteiger partial charge in [-0.05, 0) is 55.0 Å². The molecule has 0 radical (unpaired) electrons. The Kier molecular flexibility index (Phi) is 3.93. The summed E-state index contributed by atoms with van der Waals surface area (Å²) < 4.78 is 15.1. The van der Waals surface area contributed by atoms with Crippen molar-refractivity contribution in [2.45, 2.75) is 6.92 Å². The maximum Gasteiger partial charge on any atom is 0.187 e. The molecule has 6 heteroatoms. The molecule has 0 fully saturated rings. The molecule has 0 unspecified atom stereocenters. The number of aromatic nitrogens is 2. The number of fused-ring (bicyclic) bond motifs is 1. The molecule has 0 aliphatic carbocycles. The third-order valence-electron chi connectivity index (χ3n) is 3.99. The van der Waals surface area contributed by atoms with Crippen molar-refractivity contribution in [2.24, 2.45) is 10.2 Å². The van der Waals surface area contributed by atoms with Gasteiger partial charge in [0.25, 0.3) is 0 Å². The number of hydrogen-bond donors (Lipinski definition) is 1. The average Bonchev–Trinajstić information content (AvgIpc) is 2.99. The second kappa shape index (κ2) is 6.40. The van der Waals surface area contributed by atoms with Gasteiger partial charge < -0.3 is 5.11 Å². The summed E-state index contributed by atoms with van der Waals surface area (Å²) in [6.45, 7) is 1.97. The fourth-order valence-electron chi connectivity index (χ4n) is 2.69. The Morgan fingerprint density at radius 1 is 0.962 bits per heavy atom. The molecular weight excluding hydrogens is 331 g/mol. The summed E-state index contributed by atoms with van der Waals surface area (Å²) in [5, 5.41) is 18.4. The molecule has 2 heterocycles. The Hall–Kier alpha value is -3.54. The smallest absolute Gasteiger partial charge is 0.187 e. The minimum Gasteiger partial charge on any atom is -0.506 e. The molecule has 0 saturated heterocycles. The second-order valence-corrected chi connectivity index (χ2v) is 5.91. The number of phenolic OH excluding ortho intramolecular Hbond substituents is 1. The Balaban J connectivity index is 1.90. The summed E-state index contributed by atoms with van der Waals surface area (Å²) >= 11 is 0. The molecule has 128 valence electrons. The van der Waals surface area contributed by atoms with Gasteiger partial charge in [-0.15, -0.1) is 10.2 Å². The molecule has 2 aromatic heterocycles. The summed E-state index contributed by atoms with van der Waals surface area (Å²) in [5.74, 6) is 0.244. The van der Waals surface area contributed by atoms with Crippen molar-refractivity contribution in [3.63, 3.8) is 0 Å². The number of benzene rings is 2. The van der Waals surface area contributed by atoms with E-state index in [-0.39, 0.29) is 11.6 Å². The lowest BCUT2D eigenvalue weighted by Gasteiger charge is -2.01. The van der Waals surface area contributed by atoms with E-state index in [0.717, 1.165) is 11.1 Å². The van der Waals surface area contributed by atoms with Crippen LogP contribution in [0.5, 0.6) is 5.75 Å². The molecular formula is C20H15FN4O. The van der Waals surface area contributed by atoms with Crippen molar-refractivity contribution in [2.75, 3.05) is 0 Å². The lowest BCUT2D eigenvalue weighted by molar-refractivity contribution is 0.476. The summed E-state index contributed by atoms with van der Waals surface area (Å²) in [6, 6.07) is 16.6. The van der Waals surface area contributed by atoms with Gasteiger partial charge in [-0.1, -0.05) is 18.2 Å². The molecule has 5 nitrogen and oxygen atoms in total. The monoisotopic (exact) mass is 346 g/mol.